The van der Waals surface area contributed by atoms with Crippen molar-refractivity contribution in [3.8, 4) is 17.0 Å². The van der Waals surface area contributed by atoms with Gasteiger partial charge in [-0.3, -0.25) is 4.90 Å². The Kier molecular flexibility index (Phi) is 4.88. The van der Waals surface area contributed by atoms with Gasteiger partial charge in [-0.15, -0.1) is 10.2 Å². The number of phenols is 1. The third-order valence-electron chi connectivity index (χ3n) is 7.34. The minimum Gasteiger partial charge on any atom is -0.507 e. The van der Waals surface area contributed by atoms with Gasteiger partial charge in [0.2, 0.25) is 0 Å². The molecule has 0 spiro atoms. The first kappa shape index (κ1) is 20.5. The number of benzene rings is 1. The maximum Gasteiger partial charge on any atom is 0.416 e. The Morgan fingerprint density at radius 2 is 1.81 bits per heavy atom. The number of fused-ring (bicyclic) bond motifs is 3. The average Bonchev–Trinajstić information content (AvgIpc) is 3.26. The number of hydrogen-bond donors (Lipinski definition) is 1. The first-order valence-electron chi connectivity index (χ1n) is 11.1. The molecule has 31 heavy (non-hydrogen) atoms. The number of alkyl halides is 3. The number of nitrogens with zero attached hydrogens (tertiary/aromatic N) is 4. The van der Waals surface area contributed by atoms with E-state index in [4.69, 9.17) is 0 Å². The van der Waals surface area contributed by atoms with Crippen molar-refractivity contribution in [3.63, 3.8) is 0 Å². The summed E-state index contributed by atoms with van der Waals surface area (Å²) in [6, 6.07) is 5.40. The minimum absolute atomic E-state index is 0.315. The van der Waals surface area contributed by atoms with E-state index in [1.54, 1.807) is 6.92 Å². The fourth-order valence-corrected chi connectivity index (χ4v) is 6.01. The van der Waals surface area contributed by atoms with Gasteiger partial charge in [-0.1, -0.05) is 6.92 Å². The zero-order valence-electron chi connectivity index (χ0n) is 17.8. The number of likely N-dealkylation sites (N-methyl/N-ethyl adjacent to an activating group) is 1. The van der Waals surface area contributed by atoms with Crippen molar-refractivity contribution in [2.75, 3.05) is 18.0 Å². The molecule has 3 atom stereocenters. The summed E-state index contributed by atoms with van der Waals surface area (Å²) in [6.07, 6.45) is 1.19. The van der Waals surface area contributed by atoms with Crippen LogP contribution in [0.25, 0.3) is 11.3 Å². The third kappa shape index (κ3) is 3.35. The summed E-state index contributed by atoms with van der Waals surface area (Å²) in [5.74, 6) is 0.471. The summed E-state index contributed by atoms with van der Waals surface area (Å²) in [5.41, 5.74) is 1.25. The maximum absolute atomic E-state index is 13.1. The van der Waals surface area contributed by atoms with Crippen LogP contribution in [-0.4, -0.2) is 51.4 Å². The number of piperidine rings is 1. The first-order chi connectivity index (χ1) is 14.8. The van der Waals surface area contributed by atoms with Gasteiger partial charge in [-0.25, -0.2) is 0 Å². The number of aromatic hydroxyl groups is 1. The molecule has 166 valence electrons. The molecule has 1 N–H and O–H groups in total. The van der Waals surface area contributed by atoms with E-state index < -0.39 is 17.5 Å². The minimum atomic E-state index is -4.50. The molecule has 1 aromatic carbocycles. The van der Waals surface area contributed by atoms with E-state index in [-0.39, 0.29) is 0 Å². The van der Waals surface area contributed by atoms with Crippen LogP contribution in [0.1, 0.15) is 49.3 Å². The van der Waals surface area contributed by atoms with Gasteiger partial charge in [0.1, 0.15) is 5.75 Å². The molecular weight excluding hydrogens is 405 g/mol. The highest BCUT2D eigenvalue weighted by atomic mass is 19.4. The molecule has 8 heteroatoms. The molecular formula is C23H27F3N4O. The smallest absolute Gasteiger partial charge is 0.416 e. The van der Waals surface area contributed by atoms with E-state index in [1.165, 1.54) is 19.3 Å². The lowest BCUT2D eigenvalue weighted by molar-refractivity contribution is -0.137. The SMILES string of the molecule is CCN1[C@@H]2CC[C@@H](N3CCc4cc(-c5c(C)cc(C(F)(F)F)cc5O)nnc43)[C@H]1CC2. The Morgan fingerprint density at radius 3 is 2.48 bits per heavy atom. The van der Waals surface area contributed by atoms with E-state index in [0.717, 1.165) is 49.4 Å². The predicted octanol–water partition coefficient (Wildman–Crippen LogP) is 4.55. The van der Waals surface area contributed by atoms with Crippen molar-refractivity contribution >= 4 is 5.82 Å². The van der Waals surface area contributed by atoms with Crippen LogP contribution in [0.2, 0.25) is 0 Å². The first-order valence-corrected chi connectivity index (χ1v) is 11.1. The highest BCUT2D eigenvalue weighted by Gasteiger charge is 2.45. The molecule has 0 amide bonds. The topological polar surface area (TPSA) is 52.5 Å². The lowest BCUT2D eigenvalue weighted by Crippen LogP contribution is -2.54. The molecule has 5 rings (SSSR count). The highest BCUT2D eigenvalue weighted by molar-refractivity contribution is 5.73. The number of rotatable bonds is 3. The Bertz CT molecular complexity index is 986. The van der Waals surface area contributed by atoms with Crippen LogP contribution < -0.4 is 4.90 Å². The molecule has 5 nitrogen and oxygen atoms in total. The molecule has 1 aromatic heterocycles. The molecule has 0 unspecified atom stereocenters. The molecule has 2 bridgehead atoms. The number of anilines is 1. The van der Waals surface area contributed by atoms with Gasteiger partial charge < -0.3 is 10.0 Å². The van der Waals surface area contributed by atoms with Gasteiger partial charge in [0, 0.05) is 35.8 Å². The van der Waals surface area contributed by atoms with E-state index in [1.807, 2.05) is 6.07 Å². The molecule has 0 radical (unpaired) electrons. The molecule has 2 fully saturated rings. The number of halogens is 3. The van der Waals surface area contributed by atoms with Gasteiger partial charge in [0.25, 0.3) is 0 Å². The molecule has 0 aliphatic carbocycles. The summed E-state index contributed by atoms with van der Waals surface area (Å²) < 4.78 is 39.2. The predicted molar refractivity (Wildman–Crippen MR) is 112 cm³/mol. The number of aromatic nitrogens is 2. The van der Waals surface area contributed by atoms with E-state index >= 15 is 0 Å². The fourth-order valence-electron chi connectivity index (χ4n) is 6.01. The van der Waals surface area contributed by atoms with Crippen LogP contribution in [-0.2, 0) is 12.6 Å². The molecule has 4 heterocycles. The van der Waals surface area contributed by atoms with Crippen LogP contribution in [0, 0.1) is 6.92 Å². The van der Waals surface area contributed by atoms with E-state index in [0.29, 0.717) is 34.9 Å². The molecule has 3 aliphatic rings. The second-order valence-electron chi connectivity index (χ2n) is 8.98. The lowest BCUT2D eigenvalue weighted by Gasteiger charge is -2.43. The number of hydrogen-bond acceptors (Lipinski definition) is 5. The van der Waals surface area contributed by atoms with Crippen LogP contribution in [0.4, 0.5) is 19.0 Å². The second kappa shape index (κ2) is 7.36. The zero-order valence-corrected chi connectivity index (χ0v) is 17.8. The van der Waals surface area contributed by atoms with Crippen LogP contribution >= 0.6 is 0 Å². The zero-order chi connectivity index (χ0) is 21.9. The third-order valence-corrected chi connectivity index (χ3v) is 7.34. The van der Waals surface area contributed by atoms with Crippen LogP contribution in [0.15, 0.2) is 18.2 Å². The Morgan fingerprint density at radius 1 is 1.06 bits per heavy atom. The van der Waals surface area contributed by atoms with Crippen LogP contribution in [0.3, 0.4) is 0 Å². The quantitative estimate of drug-likeness (QED) is 0.771. The van der Waals surface area contributed by atoms with Crippen molar-refractivity contribution in [3.05, 3.63) is 34.9 Å². The van der Waals surface area contributed by atoms with Crippen molar-refractivity contribution in [1.29, 1.82) is 0 Å². The molecule has 2 saturated heterocycles. The number of aryl methyl sites for hydroxylation is 1. The summed E-state index contributed by atoms with van der Waals surface area (Å²) in [7, 11) is 0. The van der Waals surface area contributed by atoms with Gasteiger partial charge in [-0.2, -0.15) is 13.2 Å². The monoisotopic (exact) mass is 432 g/mol. The lowest BCUT2D eigenvalue weighted by atomic mass is 9.96. The van der Waals surface area contributed by atoms with E-state index in [2.05, 4.69) is 26.9 Å². The Hall–Kier alpha value is -2.35. The van der Waals surface area contributed by atoms with Gasteiger partial charge in [0.05, 0.1) is 11.3 Å². The molecule has 0 saturated carbocycles. The number of phenolic OH excluding ortho intramolecular Hbond substituents is 1. The van der Waals surface area contributed by atoms with Crippen molar-refractivity contribution in [1.82, 2.24) is 15.1 Å². The summed E-state index contributed by atoms with van der Waals surface area (Å²) >= 11 is 0. The van der Waals surface area contributed by atoms with E-state index in [9.17, 15) is 18.3 Å². The van der Waals surface area contributed by atoms with Crippen molar-refractivity contribution in [2.45, 2.75) is 70.3 Å². The largest absolute Gasteiger partial charge is 0.507 e. The maximum atomic E-state index is 13.1. The standard InChI is InChI=1S/C23H27F3N4O/c1-3-29-16-4-6-18(29)19(7-5-16)30-9-8-14-11-17(27-28-22(14)30)21-13(2)10-15(12-20(21)31)23(24,25)26/h10-12,16,18-19,31H,3-9H2,1-2H3/t16-,18+,19+/m0/s1. The van der Waals surface area contributed by atoms with Gasteiger partial charge in [0.15, 0.2) is 5.82 Å². The highest BCUT2D eigenvalue weighted by Crippen LogP contribution is 2.43. The summed E-state index contributed by atoms with van der Waals surface area (Å²) in [6.45, 7) is 5.75. The van der Waals surface area contributed by atoms with Crippen LogP contribution in [0.5, 0.6) is 5.75 Å². The normalized spacial score (nSPS) is 25.8. The Balaban J connectivity index is 1.45. The van der Waals surface area contributed by atoms with Gasteiger partial charge in [-0.05, 0) is 69.3 Å². The molecule has 2 aromatic rings. The van der Waals surface area contributed by atoms with Crippen molar-refractivity contribution in [2.24, 2.45) is 0 Å². The average molecular weight is 432 g/mol. The Labute approximate surface area is 179 Å². The van der Waals surface area contributed by atoms with Gasteiger partial charge >= 0.3 is 6.18 Å². The fraction of sp³-hybridized carbons (Fsp3) is 0.565. The summed E-state index contributed by atoms with van der Waals surface area (Å²) in [4.78, 5) is 5.03. The van der Waals surface area contributed by atoms with Crippen molar-refractivity contribution < 1.29 is 18.3 Å². The summed E-state index contributed by atoms with van der Waals surface area (Å²) in [5, 5.41) is 19.2. The molecule has 3 aliphatic heterocycles. The second-order valence-corrected chi connectivity index (χ2v) is 8.98.